The molecule has 0 rings (SSSR count). The molecule has 0 unspecified atom stereocenters. The SMILES string of the molecule is CCCCN(CCBr)CCC(C)C. The van der Waals surface area contributed by atoms with Crippen molar-refractivity contribution in [3.8, 4) is 0 Å². The van der Waals surface area contributed by atoms with E-state index in [1.807, 2.05) is 0 Å². The molecule has 13 heavy (non-hydrogen) atoms. The van der Waals surface area contributed by atoms with Crippen LogP contribution in [-0.4, -0.2) is 29.9 Å². The number of hydrogen-bond donors (Lipinski definition) is 0. The van der Waals surface area contributed by atoms with Gasteiger partial charge in [0.2, 0.25) is 0 Å². The van der Waals surface area contributed by atoms with Gasteiger partial charge in [-0.15, -0.1) is 0 Å². The maximum atomic E-state index is 3.51. The van der Waals surface area contributed by atoms with E-state index in [1.54, 1.807) is 0 Å². The topological polar surface area (TPSA) is 3.24 Å². The van der Waals surface area contributed by atoms with Crippen molar-refractivity contribution in [2.75, 3.05) is 25.0 Å². The fourth-order valence-electron chi connectivity index (χ4n) is 1.28. The number of nitrogens with zero attached hydrogens (tertiary/aromatic N) is 1. The van der Waals surface area contributed by atoms with Gasteiger partial charge in [0.05, 0.1) is 0 Å². The molecule has 2 heteroatoms. The van der Waals surface area contributed by atoms with E-state index in [2.05, 4.69) is 41.6 Å². The van der Waals surface area contributed by atoms with Crippen molar-refractivity contribution >= 4 is 15.9 Å². The molecule has 0 fully saturated rings. The van der Waals surface area contributed by atoms with E-state index in [0.717, 1.165) is 11.2 Å². The van der Waals surface area contributed by atoms with Gasteiger partial charge < -0.3 is 4.90 Å². The molecule has 0 aromatic rings. The Labute approximate surface area is 92.0 Å². The van der Waals surface area contributed by atoms with E-state index in [-0.39, 0.29) is 0 Å². The van der Waals surface area contributed by atoms with Crippen LogP contribution in [0.1, 0.15) is 40.0 Å². The van der Waals surface area contributed by atoms with Crippen molar-refractivity contribution < 1.29 is 0 Å². The minimum absolute atomic E-state index is 0.833. The summed E-state index contributed by atoms with van der Waals surface area (Å²) in [6, 6.07) is 0. The summed E-state index contributed by atoms with van der Waals surface area (Å²) in [5.74, 6) is 0.833. The molecule has 80 valence electrons. The zero-order valence-corrected chi connectivity index (χ0v) is 10.9. The number of rotatable bonds is 8. The van der Waals surface area contributed by atoms with Crippen molar-refractivity contribution in [2.45, 2.75) is 40.0 Å². The average molecular weight is 250 g/mol. The van der Waals surface area contributed by atoms with E-state index < -0.39 is 0 Å². The highest BCUT2D eigenvalue weighted by atomic mass is 79.9. The van der Waals surface area contributed by atoms with Crippen LogP contribution in [0.15, 0.2) is 0 Å². The van der Waals surface area contributed by atoms with Crippen LogP contribution in [0.3, 0.4) is 0 Å². The molecule has 0 bridgehead atoms. The maximum absolute atomic E-state index is 3.51. The summed E-state index contributed by atoms with van der Waals surface area (Å²) >= 11 is 3.51. The Hall–Kier alpha value is 0.440. The van der Waals surface area contributed by atoms with Crippen LogP contribution >= 0.6 is 15.9 Å². The minimum Gasteiger partial charge on any atom is -0.302 e. The summed E-state index contributed by atoms with van der Waals surface area (Å²) < 4.78 is 0. The summed E-state index contributed by atoms with van der Waals surface area (Å²) in [5.41, 5.74) is 0. The van der Waals surface area contributed by atoms with E-state index in [1.165, 1.54) is 38.9 Å². The van der Waals surface area contributed by atoms with Crippen LogP contribution in [-0.2, 0) is 0 Å². The van der Waals surface area contributed by atoms with Crippen molar-refractivity contribution in [2.24, 2.45) is 5.92 Å². The van der Waals surface area contributed by atoms with Gasteiger partial charge in [-0.25, -0.2) is 0 Å². The molecule has 0 aliphatic heterocycles. The highest BCUT2D eigenvalue weighted by Crippen LogP contribution is 2.04. The molecular formula is C11H24BrN. The van der Waals surface area contributed by atoms with Gasteiger partial charge in [0, 0.05) is 11.9 Å². The Bertz CT molecular complexity index is 104. The van der Waals surface area contributed by atoms with Crippen LogP contribution in [0.2, 0.25) is 0 Å². The van der Waals surface area contributed by atoms with Crippen molar-refractivity contribution in [1.82, 2.24) is 4.90 Å². The van der Waals surface area contributed by atoms with Gasteiger partial charge in [-0.1, -0.05) is 43.1 Å². The third-order valence-corrected chi connectivity index (χ3v) is 2.61. The van der Waals surface area contributed by atoms with E-state index in [4.69, 9.17) is 0 Å². The lowest BCUT2D eigenvalue weighted by molar-refractivity contribution is 0.269. The normalized spacial score (nSPS) is 11.5. The zero-order valence-electron chi connectivity index (χ0n) is 9.35. The Morgan fingerprint density at radius 1 is 1.15 bits per heavy atom. The second-order valence-corrected chi connectivity index (χ2v) is 4.86. The third kappa shape index (κ3) is 8.76. The highest BCUT2D eigenvalue weighted by molar-refractivity contribution is 9.09. The molecule has 0 aromatic heterocycles. The molecule has 0 aliphatic carbocycles. The van der Waals surface area contributed by atoms with Gasteiger partial charge in [-0.05, 0) is 31.8 Å². The van der Waals surface area contributed by atoms with Gasteiger partial charge in [0.25, 0.3) is 0 Å². The first-order valence-electron chi connectivity index (χ1n) is 5.49. The fraction of sp³-hybridized carbons (Fsp3) is 1.00. The first-order valence-corrected chi connectivity index (χ1v) is 6.61. The van der Waals surface area contributed by atoms with Crippen LogP contribution in [0.5, 0.6) is 0 Å². The summed E-state index contributed by atoms with van der Waals surface area (Å²) in [7, 11) is 0. The highest BCUT2D eigenvalue weighted by Gasteiger charge is 2.03. The third-order valence-electron chi connectivity index (χ3n) is 2.25. The van der Waals surface area contributed by atoms with Crippen molar-refractivity contribution in [1.29, 1.82) is 0 Å². The molecular weight excluding hydrogens is 226 g/mol. The minimum atomic E-state index is 0.833. The number of unbranched alkanes of at least 4 members (excludes halogenated alkanes) is 1. The molecule has 0 amide bonds. The molecule has 0 saturated carbocycles. The predicted molar refractivity (Wildman–Crippen MR) is 64.6 cm³/mol. The number of hydrogen-bond acceptors (Lipinski definition) is 1. The molecule has 0 saturated heterocycles. The molecule has 0 radical (unpaired) electrons. The molecule has 0 aromatic carbocycles. The van der Waals surface area contributed by atoms with Gasteiger partial charge in [0.1, 0.15) is 0 Å². The van der Waals surface area contributed by atoms with Crippen molar-refractivity contribution in [3.05, 3.63) is 0 Å². The van der Waals surface area contributed by atoms with Gasteiger partial charge in [0.15, 0.2) is 0 Å². The lowest BCUT2D eigenvalue weighted by Gasteiger charge is -2.21. The number of alkyl halides is 1. The molecule has 0 N–H and O–H groups in total. The maximum Gasteiger partial charge on any atom is 0.0159 e. The van der Waals surface area contributed by atoms with E-state index >= 15 is 0 Å². The van der Waals surface area contributed by atoms with E-state index in [0.29, 0.717) is 0 Å². The first kappa shape index (κ1) is 13.4. The monoisotopic (exact) mass is 249 g/mol. The lowest BCUT2D eigenvalue weighted by Crippen LogP contribution is -2.28. The fourth-order valence-corrected chi connectivity index (χ4v) is 1.78. The molecule has 0 spiro atoms. The zero-order chi connectivity index (χ0) is 10.1. The lowest BCUT2D eigenvalue weighted by atomic mass is 10.1. The smallest absolute Gasteiger partial charge is 0.0159 e. The van der Waals surface area contributed by atoms with Gasteiger partial charge in [-0.3, -0.25) is 0 Å². The molecule has 1 nitrogen and oxygen atoms in total. The first-order chi connectivity index (χ1) is 6.20. The average Bonchev–Trinajstić information content (AvgIpc) is 2.09. The summed E-state index contributed by atoms with van der Waals surface area (Å²) in [5, 5.41) is 1.11. The summed E-state index contributed by atoms with van der Waals surface area (Å²) in [6.07, 6.45) is 3.97. The standard InChI is InChI=1S/C11H24BrN/c1-4-5-8-13(10-7-12)9-6-11(2)3/h11H,4-10H2,1-3H3. The quantitative estimate of drug-likeness (QED) is 0.596. The number of halogens is 1. The second-order valence-electron chi connectivity index (χ2n) is 4.07. The summed E-state index contributed by atoms with van der Waals surface area (Å²) in [4.78, 5) is 2.57. The van der Waals surface area contributed by atoms with Crippen LogP contribution in [0.4, 0.5) is 0 Å². The summed E-state index contributed by atoms with van der Waals surface area (Å²) in [6.45, 7) is 10.6. The Balaban J connectivity index is 3.53. The largest absolute Gasteiger partial charge is 0.302 e. The molecule has 0 heterocycles. The van der Waals surface area contributed by atoms with Crippen LogP contribution < -0.4 is 0 Å². The Kier molecular flexibility index (Phi) is 9.32. The van der Waals surface area contributed by atoms with E-state index in [9.17, 15) is 0 Å². The second kappa shape index (κ2) is 9.01. The van der Waals surface area contributed by atoms with Crippen LogP contribution in [0.25, 0.3) is 0 Å². The van der Waals surface area contributed by atoms with Crippen molar-refractivity contribution in [3.63, 3.8) is 0 Å². The van der Waals surface area contributed by atoms with Crippen LogP contribution in [0, 0.1) is 5.92 Å². The molecule has 0 aliphatic rings. The predicted octanol–water partition coefficient (Wildman–Crippen LogP) is 3.53. The Morgan fingerprint density at radius 2 is 1.85 bits per heavy atom. The van der Waals surface area contributed by atoms with Gasteiger partial charge >= 0.3 is 0 Å². The van der Waals surface area contributed by atoms with Gasteiger partial charge in [-0.2, -0.15) is 0 Å². The Morgan fingerprint density at radius 3 is 2.31 bits per heavy atom. The molecule has 0 atom stereocenters.